The van der Waals surface area contributed by atoms with Crippen molar-refractivity contribution in [2.75, 3.05) is 13.2 Å². The molecule has 2 rings (SSSR count). The number of likely N-dealkylation sites (tertiary alicyclic amines) is 1. The normalized spacial score (nSPS) is 19.1. The molecule has 1 heterocycles. The van der Waals surface area contributed by atoms with Crippen LogP contribution in [0.3, 0.4) is 0 Å². The van der Waals surface area contributed by atoms with Crippen LogP contribution in [0, 0.1) is 0 Å². The number of amides is 2. The lowest BCUT2D eigenvalue weighted by atomic mass is 9.97. The van der Waals surface area contributed by atoms with E-state index in [2.05, 4.69) is 19.2 Å². The molecule has 2 atom stereocenters. The Balaban J connectivity index is 1.76. The number of rotatable bonds is 9. The number of hydrogen-bond donors (Lipinski definition) is 2. The lowest BCUT2D eigenvalue weighted by Crippen LogP contribution is -2.49. The fourth-order valence-electron chi connectivity index (χ4n) is 3.54. The first kappa shape index (κ1) is 21.7. The third-order valence-corrected chi connectivity index (χ3v) is 5.06. The van der Waals surface area contributed by atoms with Gasteiger partial charge in [-0.05, 0) is 70.2 Å². The highest BCUT2D eigenvalue weighted by molar-refractivity contribution is 5.94. The van der Waals surface area contributed by atoms with Gasteiger partial charge in [-0.3, -0.25) is 14.4 Å². The van der Waals surface area contributed by atoms with E-state index >= 15 is 0 Å². The molecule has 2 amide bonds. The second-order valence-corrected chi connectivity index (χ2v) is 7.35. The maximum Gasteiger partial charge on any atom is 0.303 e. The number of aliphatic carboxylic acids is 1. The van der Waals surface area contributed by atoms with Crippen molar-refractivity contribution < 1.29 is 24.2 Å². The lowest BCUT2D eigenvalue weighted by molar-refractivity contribution is -0.139. The van der Waals surface area contributed by atoms with Gasteiger partial charge >= 0.3 is 5.97 Å². The largest absolute Gasteiger partial charge is 0.484 e. The fourth-order valence-corrected chi connectivity index (χ4v) is 3.54. The molecule has 1 aliphatic heterocycles. The van der Waals surface area contributed by atoms with Crippen LogP contribution in [0.2, 0.25) is 0 Å². The topological polar surface area (TPSA) is 95.9 Å². The van der Waals surface area contributed by atoms with Crippen LogP contribution >= 0.6 is 0 Å². The highest BCUT2D eigenvalue weighted by Crippen LogP contribution is 2.23. The predicted molar refractivity (Wildman–Crippen MR) is 105 cm³/mol. The number of unbranched alkanes of at least 4 members (excludes halogenated alkanes) is 1. The molecule has 1 aromatic rings. The number of carbonyl (C=O) groups is 3. The number of ether oxygens (including phenoxy) is 1. The van der Waals surface area contributed by atoms with Crippen molar-refractivity contribution in [3.8, 4) is 5.75 Å². The van der Waals surface area contributed by atoms with Gasteiger partial charge < -0.3 is 20.1 Å². The molecule has 0 radical (unpaired) electrons. The zero-order chi connectivity index (χ0) is 20.5. The van der Waals surface area contributed by atoms with Crippen LogP contribution in [0.4, 0.5) is 0 Å². The van der Waals surface area contributed by atoms with Crippen molar-refractivity contribution in [3.63, 3.8) is 0 Å². The van der Waals surface area contributed by atoms with Gasteiger partial charge in [0.1, 0.15) is 5.75 Å². The summed E-state index contributed by atoms with van der Waals surface area (Å²) in [6.07, 6.45) is 4.46. The number of nitrogens with one attached hydrogen (secondary N) is 1. The minimum atomic E-state index is -0.829. The molecular formula is C21H30N2O5. The van der Waals surface area contributed by atoms with E-state index < -0.39 is 5.97 Å². The highest BCUT2D eigenvalue weighted by Gasteiger charge is 2.28. The molecule has 1 aliphatic rings. The van der Waals surface area contributed by atoms with Gasteiger partial charge in [-0.15, -0.1) is 0 Å². The Hall–Kier alpha value is -2.57. The molecule has 7 nitrogen and oxygen atoms in total. The van der Waals surface area contributed by atoms with Crippen LogP contribution in [-0.4, -0.2) is 53.0 Å². The van der Waals surface area contributed by atoms with Crippen LogP contribution in [0.25, 0.3) is 0 Å². The maximum absolute atomic E-state index is 12.5. The van der Waals surface area contributed by atoms with E-state index in [1.54, 1.807) is 24.3 Å². The van der Waals surface area contributed by atoms with Crippen molar-refractivity contribution in [1.82, 2.24) is 10.2 Å². The van der Waals surface area contributed by atoms with Gasteiger partial charge in [0.25, 0.3) is 11.8 Å². The van der Waals surface area contributed by atoms with Gasteiger partial charge in [0.2, 0.25) is 0 Å². The molecule has 0 aliphatic carbocycles. The van der Waals surface area contributed by atoms with Crippen LogP contribution < -0.4 is 10.1 Å². The van der Waals surface area contributed by atoms with E-state index in [-0.39, 0.29) is 36.9 Å². The quantitative estimate of drug-likeness (QED) is 0.632. The molecule has 28 heavy (non-hydrogen) atoms. The molecule has 2 N–H and O–H groups in total. The van der Waals surface area contributed by atoms with Crippen molar-refractivity contribution in [2.45, 2.75) is 64.5 Å². The molecule has 154 valence electrons. The molecule has 1 saturated heterocycles. The molecule has 0 spiro atoms. The summed E-state index contributed by atoms with van der Waals surface area (Å²) in [5.41, 5.74) is 0.496. The molecule has 1 fully saturated rings. The van der Waals surface area contributed by atoms with Crippen molar-refractivity contribution in [3.05, 3.63) is 29.8 Å². The predicted octanol–water partition coefficient (Wildman–Crippen LogP) is 2.84. The molecular weight excluding hydrogens is 360 g/mol. The van der Waals surface area contributed by atoms with Crippen LogP contribution in [-0.2, 0) is 9.59 Å². The van der Waals surface area contributed by atoms with Crippen molar-refractivity contribution in [2.24, 2.45) is 0 Å². The molecule has 7 heteroatoms. The monoisotopic (exact) mass is 390 g/mol. The lowest BCUT2D eigenvalue weighted by Gasteiger charge is -2.38. The number of benzene rings is 1. The first-order chi connectivity index (χ1) is 13.4. The Morgan fingerprint density at radius 2 is 1.75 bits per heavy atom. The Morgan fingerprint density at radius 3 is 2.36 bits per heavy atom. The van der Waals surface area contributed by atoms with Gasteiger partial charge in [-0.25, -0.2) is 0 Å². The van der Waals surface area contributed by atoms with Crippen LogP contribution in [0.15, 0.2) is 24.3 Å². The van der Waals surface area contributed by atoms with Crippen molar-refractivity contribution in [1.29, 1.82) is 0 Å². The highest BCUT2D eigenvalue weighted by atomic mass is 16.5. The molecule has 2 unspecified atom stereocenters. The van der Waals surface area contributed by atoms with E-state index in [1.165, 1.54) is 0 Å². The second-order valence-electron chi connectivity index (χ2n) is 7.35. The summed E-state index contributed by atoms with van der Waals surface area (Å²) in [6.45, 7) is 4.57. The minimum absolute atomic E-state index is 0.0101. The van der Waals surface area contributed by atoms with Crippen LogP contribution in [0.5, 0.6) is 5.75 Å². The van der Waals surface area contributed by atoms with Gasteiger partial charge in [0, 0.05) is 30.6 Å². The number of nitrogens with zero attached hydrogens (tertiary/aromatic N) is 1. The Morgan fingerprint density at radius 1 is 1.11 bits per heavy atom. The van der Waals surface area contributed by atoms with E-state index in [0.29, 0.717) is 30.7 Å². The zero-order valence-corrected chi connectivity index (χ0v) is 16.6. The average Bonchev–Trinajstić information content (AvgIpc) is 2.66. The number of carboxylic acid groups (broad SMARTS) is 1. The standard InChI is InChI=1S/C21H30N2O5/c1-15-6-5-7-16(2)23(15)19(24)14-28-18-11-9-17(10-12-18)21(27)22-13-4-3-8-20(25)26/h9-12,15-16H,3-8,13-14H2,1-2H3,(H,22,27)(H,25,26). The summed E-state index contributed by atoms with van der Waals surface area (Å²) in [7, 11) is 0. The van der Waals surface area contributed by atoms with Gasteiger partial charge in [-0.2, -0.15) is 0 Å². The average molecular weight is 390 g/mol. The minimum Gasteiger partial charge on any atom is -0.484 e. The molecule has 0 bridgehead atoms. The molecule has 0 saturated carbocycles. The number of piperidine rings is 1. The van der Waals surface area contributed by atoms with Crippen LogP contribution in [0.1, 0.15) is 62.7 Å². The Kier molecular flexibility index (Phi) is 8.29. The van der Waals surface area contributed by atoms with E-state index in [4.69, 9.17) is 9.84 Å². The van der Waals surface area contributed by atoms with Crippen molar-refractivity contribution >= 4 is 17.8 Å². The summed E-state index contributed by atoms with van der Waals surface area (Å²) in [5, 5.41) is 11.3. The van der Waals surface area contributed by atoms with E-state index in [1.807, 2.05) is 4.90 Å². The zero-order valence-electron chi connectivity index (χ0n) is 16.6. The SMILES string of the molecule is CC1CCCC(C)N1C(=O)COc1ccc(C(=O)NCCCCC(=O)O)cc1. The summed E-state index contributed by atoms with van der Waals surface area (Å²) in [6, 6.07) is 7.13. The number of carbonyl (C=O) groups excluding carboxylic acids is 2. The third kappa shape index (κ3) is 6.55. The first-order valence-corrected chi connectivity index (χ1v) is 9.92. The first-order valence-electron chi connectivity index (χ1n) is 9.92. The van der Waals surface area contributed by atoms with E-state index in [0.717, 1.165) is 19.3 Å². The fraction of sp³-hybridized carbons (Fsp3) is 0.571. The van der Waals surface area contributed by atoms with Gasteiger partial charge in [0.15, 0.2) is 6.61 Å². The maximum atomic E-state index is 12.5. The Labute approximate surface area is 166 Å². The molecule has 0 aromatic heterocycles. The smallest absolute Gasteiger partial charge is 0.303 e. The second kappa shape index (κ2) is 10.7. The number of hydrogen-bond acceptors (Lipinski definition) is 4. The summed E-state index contributed by atoms with van der Waals surface area (Å²) >= 11 is 0. The summed E-state index contributed by atoms with van der Waals surface area (Å²) < 4.78 is 5.61. The Bertz CT molecular complexity index is 664. The van der Waals surface area contributed by atoms with E-state index in [9.17, 15) is 14.4 Å². The molecule has 1 aromatic carbocycles. The summed E-state index contributed by atoms with van der Waals surface area (Å²) in [4.78, 5) is 36.9. The third-order valence-electron chi connectivity index (χ3n) is 5.06. The summed E-state index contributed by atoms with van der Waals surface area (Å²) in [5.74, 6) is -0.509. The van der Waals surface area contributed by atoms with Gasteiger partial charge in [-0.1, -0.05) is 0 Å². The van der Waals surface area contributed by atoms with Gasteiger partial charge in [0.05, 0.1) is 0 Å². The number of carboxylic acids is 1.